The average molecular weight is 219 g/mol. The second-order valence-electron chi connectivity index (χ2n) is 5.59. The molecule has 2 rings (SSSR count). The van der Waals surface area contributed by atoms with Gasteiger partial charge in [-0.15, -0.1) is 0 Å². The molecule has 2 heteroatoms. The molecule has 2 nitrogen and oxygen atoms in total. The molecule has 16 heavy (non-hydrogen) atoms. The van der Waals surface area contributed by atoms with Crippen LogP contribution >= 0.6 is 0 Å². The summed E-state index contributed by atoms with van der Waals surface area (Å²) < 4.78 is 0. The summed E-state index contributed by atoms with van der Waals surface area (Å²) in [5, 5.41) is 9.71. The first kappa shape index (κ1) is 11.6. The number of fused-ring (bicyclic) bond motifs is 1. The van der Waals surface area contributed by atoms with Crippen molar-refractivity contribution in [2.75, 3.05) is 7.05 Å². The number of rotatable bonds is 3. The summed E-state index contributed by atoms with van der Waals surface area (Å²) in [5.41, 5.74) is 3.69. The van der Waals surface area contributed by atoms with Crippen LogP contribution in [0, 0.1) is 0 Å². The highest BCUT2D eigenvalue weighted by atomic mass is 16.3. The zero-order valence-corrected chi connectivity index (χ0v) is 10.5. The van der Waals surface area contributed by atoms with Gasteiger partial charge in [-0.1, -0.05) is 18.2 Å². The van der Waals surface area contributed by atoms with Gasteiger partial charge >= 0.3 is 0 Å². The maximum atomic E-state index is 9.71. The fourth-order valence-electron chi connectivity index (χ4n) is 2.22. The minimum absolute atomic E-state index is 0.560. The predicted molar refractivity (Wildman–Crippen MR) is 66.2 cm³/mol. The Labute approximate surface area is 97.9 Å². The van der Waals surface area contributed by atoms with Crippen LogP contribution in [-0.4, -0.2) is 22.7 Å². The molecule has 1 N–H and O–H groups in total. The van der Waals surface area contributed by atoms with Crippen LogP contribution in [0.4, 0.5) is 0 Å². The second-order valence-corrected chi connectivity index (χ2v) is 5.59. The Balaban J connectivity index is 2.05. The molecule has 88 valence electrons. The number of aliphatic hydroxyl groups is 1. The number of aryl methyl sites for hydroxylation is 1. The molecular formula is C14H21NO. The number of benzene rings is 1. The number of nitrogens with zero attached hydrogens (tertiary/aromatic N) is 1. The quantitative estimate of drug-likeness (QED) is 0.843. The molecule has 0 spiro atoms. The Morgan fingerprint density at radius 2 is 1.94 bits per heavy atom. The summed E-state index contributed by atoms with van der Waals surface area (Å²) in [6.45, 7) is 5.87. The lowest BCUT2D eigenvalue weighted by atomic mass is 9.97. The van der Waals surface area contributed by atoms with Crippen molar-refractivity contribution in [2.45, 2.75) is 45.4 Å². The van der Waals surface area contributed by atoms with E-state index in [4.69, 9.17) is 0 Å². The molecular weight excluding hydrogens is 198 g/mol. The summed E-state index contributed by atoms with van der Waals surface area (Å²) >= 11 is 0. The Morgan fingerprint density at radius 3 is 2.62 bits per heavy atom. The smallest absolute Gasteiger partial charge is 0.0594 e. The Kier molecular flexibility index (Phi) is 3.04. The van der Waals surface area contributed by atoms with Gasteiger partial charge in [-0.05, 0) is 50.4 Å². The number of hydrogen-bond acceptors (Lipinski definition) is 2. The van der Waals surface area contributed by atoms with Crippen molar-refractivity contribution >= 4 is 0 Å². The molecule has 0 bridgehead atoms. The topological polar surface area (TPSA) is 23.5 Å². The summed E-state index contributed by atoms with van der Waals surface area (Å²) in [4.78, 5) is 2.32. The standard InChI is InChI=1S/C14H21NO/c1-14(2,16)7-6-11-4-5-12-9-15(3)10-13(12)8-11/h4-5,8,16H,6-7,9-10H2,1-3H3. The Morgan fingerprint density at radius 1 is 1.25 bits per heavy atom. The lowest BCUT2D eigenvalue weighted by Gasteiger charge is -2.16. The SMILES string of the molecule is CN1Cc2ccc(CCC(C)(C)O)cc2C1. The molecule has 0 aromatic heterocycles. The van der Waals surface area contributed by atoms with Crippen LogP contribution in [0.25, 0.3) is 0 Å². The highest BCUT2D eigenvalue weighted by Crippen LogP contribution is 2.23. The minimum atomic E-state index is -0.560. The molecule has 0 amide bonds. The zero-order valence-electron chi connectivity index (χ0n) is 10.5. The monoisotopic (exact) mass is 219 g/mol. The molecule has 0 saturated carbocycles. The largest absolute Gasteiger partial charge is 0.390 e. The van der Waals surface area contributed by atoms with Crippen molar-refractivity contribution in [1.29, 1.82) is 0 Å². The summed E-state index contributed by atoms with van der Waals surface area (Å²) in [6.07, 6.45) is 1.78. The van der Waals surface area contributed by atoms with Crippen molar-refractivity contribution in [3.8, 4) is 0 Å². The van der Waals surface area contributed by atoms with E-state index in [0.717, 1.165) is 25.9 Å². The van der Waals surface area contributed by atoms with E-state index >= 15 is 0 Å². The summed E-state index contributed by atoms with van der Waals surface area (Å²) in [6, 6.07) is 6.73. The first-order valence-corrected chi connectivity index (χ1v) is 5.96. The highest BCUT2D eigenvalue weighted by molar-refractivity contribution is 5.34. The lowest BCUT2D eigenvalue weighted by Crippen LogP contribution is -2.19. The lowest BCUT2D eigenvalue weighted by molar-refractivity contribution is 0.0714. The van der Waals surface area contributed by atoms with Gasteiger partial charge in [0.25, 0.3) is 0 Å². The first-order chi connectivity index (χ1) is 7.44. The molecule has 0 aliphatic carbocycles. The zero-order chi connectivity index (χ0) is 11.8. The maximum absolute atomic E-state index is 9.71. The van der Waals surface area contributed by atoms with Crippen LogP contribution in [0.5, 0.6) is 0 Å². The van der Waals surface area contributed by atoms with Crippen molar-refractivity contribution in [1.82, 2.24) is 4.90 Å². The molecule has 0 saturated heterocycles. The van der Waals surface area contributed by atoms with E-state index in [1.807, 2.05) is 13.8 Å². The molecule has 0 fully saturated rings. The molecule has 1 aromatic rings. The van der Waals surface area contributed by atoms with Gasteiger partial charge in [-0.25, -0.2) is 0 Å². The van der Waals surface area contributed by atoms with Gasteiger partial charge in [0, 0.05) is 13.1 Å². The molecule has 0 unspecified atom stereocenters. The van der Waals surface area contributed by atoms with Crippen LogP contribution in [0.3, 0.4) is 0 Å². The normalized spacial score (nSPS) is 16.5. The van der Waals surface area contributed by atoms with E-state index in [1.165, 1.54) is 16.7 Å². The Hall–Kier alpha value is -0.860. The molecule has 1 aliphatic heterocycles. The maximum Gasteiger partial charge on any atom is 0.0594 e. The van der Waals surface area contributed by atoms with Crippen molar-refractivity contribution in [3.63, 3.8) is 0 Å². The van der Waals surface area contributed by atoms with E-state index in [-0.39, 0.29) is 0 Å². The predicted octanol–water partition coefficient (Wildman–Crippen LogP) is 2.34. The third kappa shape index (κ3) is 2.83. The fraction of sp³-hybridized carbons (Fsp3) is 0.571. The third-order valence-electron chi connectivity index (χ3n) is 3.18. The molecule has 0 atom stereocenters. The van der Waals surface area contributed by atoms with E-state index in [9.17, 15) is 5.11 Å². The van der Waals surface area contributed by atoms with Crippen molar-refractivity contribution < 1.29 is 5.11 Å². The molecule has 1 heterocycles. The van der Waals surface area contributed by atoms with E-state index in [2.05, 4.69) is 30.1 Å². The average Bonchev–Trinajstić information content (AvgIpc) is 2.52. The minimum Gasteiger partial charge on any atom is -0.390 e. The molecule has 1 aliphatic rings. The van der Waals surface area contributed by atoms with Gasteiger partial charge in [-0.3, -0.25) is 4.90 Å². The summed E-state index contributed by atoms with van der Waals surface area (Å²) in [7, 11) is 2.15. The van der Waals surface area contributed by atoms with Crippen LogP contribution in [0.2, 0.25) is 0 Å². The van der Waals surface area contributed by atoms with Crippen molar-refractivity contribution in [3.05, 3.63) is 34.9 Å². The van der Waals surface area contributed by atoms with Gasteiger partial charge in [0.05, 0.1) is 5.60 Å². The molecule has 0 radical (unpaired) electrons. The fourth-order valence-corrected chi connectivity index (χ4v) is 2.22. The Bertz CT molecular complexity index is 379. The highest BCUT2D eigenvalue weighted by Gasteiger charge is 2.16. The van der Waals surface area contributed by atoms with Crippen LogP contribution < -0.4 is 0 Å². The van der Waals surface area contributed by atoms with Gasteiger partial charge in [0.2, 0.25) is 0 Å². The third-order valence-corrected chi connectivity index (χ3v) is 3.18. The summed E-state index contributed by atoms with van der Waals surface area (Å²) in [5.74, 6) is 0. The van der Waals surface area contributed by atoms with E-state index in [1.54, 1.807) is 0 Å². The van der Waals surface area contributed by atoms with Crippen molar-refractivity contribution in [2.24, 2.45) is 0 Å². The van der Waals surface area contributed by atoms with Gasteiger partial charge in [0.1, 0.15) is 0 Å². The van der Waals surface area contributed by atoms with Gasteiger partial charge < -0.3 is 5.11 Å². The van der Waals surface area contributed by atoms with Gasteiger partial charge in [0.15, 0.2) is 0 Å². The van der Waals surface area contributed by atoms with Crippen LogP contribution in [-0.2, 0) is 19.5 Å². The molecule has 1 aromatic carbocycles. The number of hydrogen-bond donors (Lipinski definition) is 1. The van der Waals surface area contributed by atoms with Gasteiger partial charge in [-0.2, -0.15) is 0 Å². The first-order valence-electron chi connectivity index (χ1n) is 5.96. The second kappa shape index (κ2) is 4.19. The van der Waals surface area contributed by atoms with E-state index < -0.39 is 5.60 Å². The van der Waals surface area contributed by atoms with E-state index in [0.29, 0.717) is 0 Å². The van der Waals surface area contributed by atoms with Crippen LogP contribution in [0.15, 0.2) is 18.2 Å². The van der Waals surface area contributed by atoms with Crippen LogP contribution in [0.1, 0.15) is 37.0 Å².